The SMILES string of the molecule is Nn1c(Cc2ccc(Cl)c(Cl)c2)nnc1SCC(=O)O. The fraction of sp³-hybridized carbons (Fsp3) is 0.182. The Bertz CT molecular complexity index is 647. The van der Waals surface area contributed by atoms with Crippen molar-refractivity contribution in [1.82, 2.24) is 14.9 Å². The number of hydrogen-bond donors (Lipinski definition) is 2. The van der Waals surface area contributed by atoms with Crippen LogP contribution in [0, 0.1) is 0 Å². The Morgan fingerprint density at radius 3 is 2.75 bits per heavy atom. The lowest BCUT2D eigenvalue weighted by atomic mass is 10.1. The predicted molar refractivity (Wildman–Crippen MR) is 77.8 cm³/mol. The molecule has 0 aliphatic carbocycles. The van der Waals surface area contributed by atoms with Gasteiger partial charge in [0.25, 0.3) is 0 Å². The van der Waals surface area contributed by atoms with Crippen molar-refractivity contribution in [2.24, 2.45) is 0 Å². The standard InChI is InChI=1S/C11H10Cl2N4O2S/c12-7-2-1-6(3-8(7)13)4-9-15-16-11(17(9)14)20-5-10(18)19/h1-3H,4-5,14H2,(H,18,19). The van der Waals surface area contributed by atoms with E-state index in [1.165, 1.54) is 4.68 Å². The van der Waals surface area contributed by atoms with Crippen molar-refractivity contribution in [1.29, 1.82) is 0 Å². The van der Waals surface area contributed by atoms with Gasteiger partial charge in [-0.05, 0) is 17.7 Å². The van der Waals surface area contributed by atoms with E-state index in [1.54, 1.807) is 12.1 Å². The zero-order chi connectivity index (χ0) is 14.7. The highest BCUT2D eigenvalue weighted by Crippen LogP contribution is 2.24. The van der Waals surface area contributed by atoms with Crippen LogP contribution in [0.25, 0.3) is 0 Å². The molecule has 0 saturated heterocycles. The number of hydrogen-bond acceptors (Lipinski definition) is 5. The third-order valence-electron chi connectivity index (χ3n) is 2.41. The molecule has 0 radical (unpaired) electrons. The second-order valence-corrected chi connectivity index (χ2v) is 5.63. The molecule has 1 heterocycles. The summed E-state index contributed by atoms with van der Waals surface area (Å²) >= 11 is 12.8. The van der Waals surface area contributed by atoms with Crippen LogP contribution in [0.15, 0.2) is 23.4 Å². The number of carbonyl (C=O) groups is 1. The number of aliphatic carboxylic acids is 1. The van der Waals surface area contributed by atoms with Gasteiger partial charge < -0.3 is 10.9 Å². The molecule has 20 heavy (non-hydrogen) atoms. The number of carboxylic acids is 1. The second kappa shape index (κ2) is 6.34. The molecule has 1 aromatic heterocycles. The zero-order valence-corrected chi connectivity index (χ0v) is 12.4. The van der Waals surface area contributed by atoms with Crippen LogP contribution < -0.4 is 5.84 Å². The number of aromatic nitrogens is 3. The first-order valence-electron chi connectivity index (χ1n) is 5.45. The quantitative estimate of drug-likeness (QED) is 0.643. The topological polar surface area (TPSA) is 94.0 Å². The number of benzene rings is 1. The van der Waals surface area contributed by atoms with Crippen LogP contribution in [0.2, 0.25) is 10.0 Å². The predicted octanol–water partition coefficient (Wildman–Crippen LogP) is 2.07. The third kappa shape index (κ3) is 3.56. The molecule has 106 valence electrons. The molecule has 9 heteroatoms. The molecular weight excluding hydrogens is 323 g/mol. The number of nitrogens with zero attached hydrogens (tertiary/aromatic N) is 3. The summed E-state index contributed by atoms with van der Waals surface area (Å²) in [5.41, 5.74) is 0.883. The number of thioether (sulfide) groups is 1. The van der Waals surface area contributed by atoms with Gasteiger partial charge in [-0.25, -0.2) is 4.68 Å². The molecule has 0 atom stereocenters. The summed E-state index contributed by atoms with van der Waals surface area (Å²) in [6.07, 6.45) is 0.425. The van der Waals surface area contributed by atoms with Crippen molar-refractivity contribution in [3.63, 3.8) is 0 Å². The van der Waals surface area contributed by atoms with E-state index in [0.717, 1.165) is 17.3 Å². The molecular formula is C11H10Cl2N4O2S. The van der Waals surface area contributed by atoms with Gasteiger partial charge in [-0.15, -0.1) is 10.2 Å². The highest BCUT2D eigenvalue weighted by atomic mass is 35.5. The van der Waals surface area contributed by atoms with Gasteiger partial charge in [0.05, 0.1) is 15.8 Å². The number of carboxylic acid groups (broad SMARTS) is 1. The van der Waals surface area contributed by atoms with E-state index in [0.29, 0.717) is 27.4 Å². The monoisotopic (exact) mass is 332 g/mol. The van der Waals surface area contributed by atoms with E-state index in [2.05, 4.69) is 10.2 Å². The first kappa shape index (κ1) is 15.0. The molecule has 0 bridgehead atoms. The second-order valence-electron chi connectivity index (χ2n) is 3.88. The number of halogens is 2. The summed E-state index contributed by atoms with van der Waals surface area (Å²) < 4.78 is 1.27. The highest BCUT2D eigenvalue weighted by molar-refractivity contribution is 7.99. The summed E-state index contributed by atoms with van der Waals surface area (Å²) in [6.45, 7) is 0. The van der Waals surface area contributed by atoms with Crippen molar-refractivity contribution in [2.75, 3.05) is 11.6 Å². The van der Waals surface area contributed by atoms with Gasteiger partial charge in [-0.3, -0.25) is 4.79 Å². The Labute approximate surface area is 128 Å². The van der Waals surface area contributed by atoms with Crippen molar-refractivity contribution in [3.05, 3.63) is 39.6 Å². The maximum Gasteiger partial charge on any atom is 0.313 e. The summed E-state index contributed by atoms with van der Waals surface area (Å²) in [5, 5.41) is 17.7. The smallest absolute Gasteiger partial charge is 0.313 e. The largest absolute Gasteiger partial charge is 0.481 e. The lowest BCUT2D eigenvalue weighted by Gasteiger charge is -2.04. The van der Waals surface area contributed by atoms with E-state index < -0.39 is 5.97 Å². The number of rotatable bonds is 5. The Morgan fingerprint density at radius 1 is 1.35 bits per heavy atom. The molecule has 2 rings (SSSR count). The number of nitrogens with two attached hydrogens (primary N) is 1. The van der Waals surface area contributed by atoms with Crippen LogP contribution in [0.1, 0.15) is 11.4 Å². The van der Waals surface area contributed by atoms with Crippen LogP contribution >= 0.6 is 35.0 Å². The van der Waals surface area contributed by atoms with Gasteiger partial charge in [-0.2, -0.15) is 0 Å². The summed E-state index contributed by atoms with van der Waals surface area (Å²) in [5.74, 6) is 5.27. The fourth-order valence-corrected chi connectivity index (χ4v) is 2.40. The Morgan fingerprint density at radius 2 is 2.10 bits per heavy atom. The van der Waals surface area contributed by atoms with Gasteiger partial charge in [-0.1, -0.05) is 41.0 Å². The van der Waals surface area contributed by atoms with E-state index in [1.807, 2.05) is 6.07 Å². The average Bonchev–Trinajstić information content (AvgIpc) is 2.73. The summed E-state index contributed by atoms with van der Waals surface area (Å²) in [4.78, 5) is 10.5. The summed E-state index contributed by atoms with van der Waals surface area (Å²) in [7, 11) is 0. The first-order valence-corrected chi connectivity index (χ1v) is 7.19. The van der Waals surface area contributed by atoms with Gasteiger partial charge in [0.15, 0.2) is 5.82 Å². The van der Waals surface area contributed by atoms with Crippen LogP contribution in [0.5, 0.6) is 0 Å². The normalized spacial score (nSPS) is 10.7. The van der Waals surface area contributed by atoms with E-state index >= 15 is 0 Å². The minimum atomic E-state index is -0.941. The summed E-state index contributed by atoms with van der Waals surface area (Å²) in [6, 6.07) is 5.23. The Kier molecular flexibility index (Phi) is 4.74. The molecule has 3 N–H and O–H groups in total. The van der Waals surface area contributed by atoms with E-state index in [4.69, 9.17) is 34.2 Å². The molecule has 6 nitrogen and oxygen atoms in total. The molecule has 0 saturated carbocycles. The average molecular weight is 333 g/mol. The van der Waals surface area contributed by atoms with Crippen molar-refractivity contribution in [3.8, 4) is 0 Å². The minimum Gasteiger partial charge on any atom is -0.481 e. The van der Waals surface area contributed by atoms with Crippen LogP contribution in [-0.4, -0.2) is 31.7 Å². The molecule has 0 spiro atoms. The zero-order valence-electron chi connectivity index (χ0n) is 10.1. The lowest BCUT2D eigenvalue weighted by molar-refractivity contribution is -0.133. The maximum atomic E-state index is 10.5. The van der Waals surface area contributed by atoms with Gasteiger partial charge in [0.2, 0.25) is 5.16 Å². The molecule has 0 amide bonds. The maximum absolute atomic E-state index is 10.5. The van der Waals surface area contributed by atoms with Gasteiger partial charge >= 0.3 is 5.97 Å². The molecule has 0 fully saturated rings. The van der Waals surface area contributed by atoms with Gasteiger partial charge in [0, 0.05) is 6.42 Å². The first-order chi connectivity index (χ1) is 9.47. The molecule has 0 unspecified atom stereocenters. The van der Waals surface area contributed by atoms with E-state index in [-0.39, 0.29) is 5.75 Å². The molecule has 1 aromatic carbocycles. The lowest BCUT2D eigenvalue weighted by Crippen LogP contribution is -2.15. The van der Waals surface area contributed by atoms with Crippen LogP contribution in [0.3, 0.4) is 0 Å². The third-order valence-corrected chi connectivity index (χ3v) is 4.07. The van der Waals surface area contributed by atoms with E-state index in [9.17, 15) is 4.79 Å². The van der Waals surface area contributed by atoms with Crippen molar-refractivity contribution >= 4 is 40.9 Å². The van der Waals surface area contributed by atoms with Gasteiger partial charge in [0.1, 0.15) is 0 Å². The fourth-order valence-electron chi connectivity index (χ4n) is 1.48. The van der Waals surface area contributed by atoms with Crippen LogP contribution in [0.4, 0.5) is 0 Å². The minimum absolute atomic E-state index is 0.123. The van der Waals surface area contributed by atoms with Crippen molar-refractivity contribution < 1.29 is 9.90 Å². The Balaban J connectivity index is 2.13. The van der Waals surface area contributed by atoms with Crippen LogP contribution in [-0.2, 0) is 11.2 Å². The Hall–Kier alpha value is -1.44. The highest BCUT2D eigenvalue weighted by Gasteiger charge is 2.12. The number of nitrogen functional groups attached to an aromatic ring is 1. The molecule has 2 aromatic rings. The molecule has 0 aliphatic heterocycles. The molecule has 0 aliphatic rings. The van der Waals surface area contributed by atoms with Crippen molar-refractivity contribution in [2.45, 2.75) is 11.6 Å².